The molecule has 322 valence electrons. The Labute approximate surface area is 356 Å². The number of allylic oxidation sites excluding steroid dienone is 1. The van der Waals surface area contributed by atoms with Crippen LogP contribution in [-0.2, 0) is 9.59 Å². The minimum atomic E-state index is -0.697. The van der Waals surface area contributed by atoms with Crippen molar-refractivity contribution in [3.8, 4) is 0 Å². The molecule has 7 heterocycles. The first-order chi connectivity index (χ1) is 30.1. The lowest BCUT2D eigenvalue weighted by Gasteiger charge is -2.38. The van der Waals surface area contributed by atoms with Crippen molar-refractivity contribution in [3.05, 3.63) is 93.2 Å². The molecule has 5 aromatic rings. The first kappa shape index (κ1) is 40.8. The predicted molar refractivity (Wildman–Crippen MR) is 232 cm³/mol. The molecule has 0 spiro atoms. The Morgan fingerprint density at radius 3 is 2.42 bits per heavy atom. The van der Waals surface area contributed by atoms with E-state index in [2.05, 4.69) is 57.7 Å². The van der Waals surface area contributed by atoms with Gasteiger partial charge >= 0.3 is 0 Å². The zero-order valence-electron chi connectivity index (χ0n) is 34.7. The average molecular weight is 844 g/mol. The highest BCUT2D eigenvalue weighted by Crippen LogP contribution is 2.35. The summed E-state index contributed by atoms with van der Waals surface area (Å²) < 4.78 is 18.7. The number of carbonyl (C=O) groups excluding carboxylic acids is 4. The second kappa shape index (κ2) is 17.4. The summed E-state index contributed by atoms with van der Waals surface area (Å²) in [4.78, 5) is 73.5. The number of hydrogen-bond donors (Lipinski definition) is 4. The van der Waals surface area contributed by atoms with Gasteiger partial charge in [-0.25, -0.2) is 23.5 Å². The number of hydrogen-bond acceptors (Lipinski definition) is 11. The van der Waals surface area contributed by atoms with E-state index in [1.807, 2.05) is 13.0 Å². The third kappa shape index (κ3) is 8.39. The number of rotatable bonds is 9. The fourth-order valence-corrected chi connectivity index (χ4v) is 9.48. The smallest absolute Gasteiger partial charge is 0.285 e. The molecule has 17 heteroatoms. The van der Waals surface area contributed by atoms with Gasteiger partial charge in [0.25, 0.3) is 17.4 Å². The van der Waals surface area contributed by atoms with Gasteiger partial charge < -0.3 is 30.7 Å². The van der Waals surface area contributed by atoms with E-state index < -0.39 is 29.2 Å². The van der Waals surface area contributed by atoms with Crippen LogP contribution in [0.1, 0.15) is 90.2 Å². The van der Waals surface area contributed by atoms with Crippen LogP contribution >= 0.6 is 0 Å². The molecule has 62 heavy (non-hydrogen) atoms. The number of anilines is 3. The van der Waals surface area contributed by atoms with E-state index in [1.165, 1.54) is 29.3 Å². The van der Waals surface area contributed by atoms with Gasteiger partial charge in [-0.3, -0.25) is 24.2 Å². The highest BCUT2D eigenvalue weighted by molar-refractivity contribution is 6.07. The molecule has 4 aliphatic rings. The highest BCUT2D eigenvalue weighted by atomic mass is 19.1. The van der Waals surface area contributed by atoms with Gasteiger partial charge in [0.1, 0.15) is 34.7 Å². The molecule has 4 aliphatic heterocycles. The standard InChI is InChI=1S/C45H50FN11O5/c1-28-19-42-47-23-35(45(62)57(42)51-28)44(61)50-39-20-30-25-56(52-38(30)22-41(39)55-13-3-2-4-14-55)32-11-15-53(16-12-32)24-29-9-17-54(18-10-29)33-6-7-34(36(46)21-33)43(60)49-37-8-5-31(26-58)48-40(37)27-59/h6-7,19-23,25,29,32,37,48,51H,2-5,8-18,24H2,1H3,(H,49,60)(H,50,61)/t37-/m0/s1. The van der Waals surface area contributed by atoms with E-state index in [9.17, 15) is 24.0 Å². The molecule has 4 N–H and O–H groups in total. The van der Waals surface area contributed by atoms with Crippen LogP contribution in [-0.4, -0.2) is 105 Å². The van der Waals surface area contributed by atoms with Crippen molar-refractivity contribution in [3.63, 3.8) is 0 Å². The van der Waals surface area contributed by atoms with Crippen molar-refractivity contribution in [1.29, 1.82) is 0 Å². The Morgan fingerprint density at radius 2 is 1.68 bits per heavy atom. The summed E-state index contributed by atoms with van der Waals surface area (Å²) in [6.45, 7) is 8.09. The van der Waals surface area contributed by atoms with Gasteiger partial charge in [0.2, 0.25) is 0 Å². The average Bonchev–Trinajstić information content (AvgIpc) is 3.90. The van der Waals surface area contributed by atoms with Crippen molar-refractivity contribution < 1.29 is 23.6 Å². The number of likely N-dealkylation sites (tertiary alicyclic amines) is 1. The second-order valence-electron chi connectivity index (χ2n) is 17.1. The molecule has 16 nitrogen and oxygen atoms in total. The number of benzene rings is 2. The molecule has 9 rings (SSSR count). The number of carbonyl (C=O) groups is 2. The largest absolute Gasteiger partial charge is 0.371 e. The summed E-state index contributed by atoms with van der Waals surface area (Å²) in [7, 11) is 0. The molecule has 0 bridgehead atoms. The molecule has 3 aromatic heterocycles. The molecule has 0 radical (unpaired) electrons. The predicted octanol–water partition coefficient (Wildman–Crippen LogP) is 4.53. The maximum atomic E-state index is 15.3. The zero-order valence-corrected chi connectivity index (χ0v) is 34.7. The Morgan fingerprint density at radius 1 is 0.887 bits per heavy atom. The molecular weight excluding hydrogens is 794 g/mol. The van der Waals surface area contributed by atoms with E-state index in [0.717, 1.165) is 112 Å². The van der Waals surface area contributed by atoms with Gasteiger partial charge in [0.15, 0.2) is 5.65 Å². The second-order valence-corrected chi connectivity index (χ2v) is 17.1. The Kier molecular flexibility index (Phi) is 11.5. The summed E-state index contributed by atoms with van der Waals surface area (Å²) in [6, 6.07) is 10.0. The summed E-state index contributed by atoms with van der Waals surface area (Å²) in [5.74, 6) is 2.20. The van der Waals surface area contributed by atoms with Crippen LogP contribution in [0.5, 0.6) is 0 Å². The van der Waals surface area contributed by atoms with Crippen molar-refractivity contribution >= 4 is 57.3 Å². The van der Waals surface area contributed by atoms with Gasteiger partial charge in [-0.15, -0.1) is 0 Å². The Bertz CT molecular complexity index is 2690. The molecule has 0 saturated carbocycles. The highest BCUT2D eigenvalue weighted by Gasteiger charge is 2.29. The number of aromatic amines is 1. The SMILES string of the molecule is Cc1cc2ncc(C(=O)Nc3cc4cn(C5CCN(CC6CCN(c7ccc(C(=O)N[C@H]8CCC(=C=O)NC8=C=O)c(F)c7)CC6)CC5)nc4cc3N3CCCCC3)c(=O)n2[nH]1. The number of amides is 2. The van der Waals surface area contributed by atoms with Crippen LogP contribution < -0.4 is 31.3 Å². The summed E-state index contributed by atoms with van der Waals surface area (Å²) in [5.41, 5.74) is 4.04. The molecule has 4 fully saturated rings. The quantitative estimate of drug-likeness (QED) is 0.153. The maximum absolute atomic E-state index is 15.3. The molecule has 1 atom stereocenters. The molecule has 0 aliphatic carbocycles. The molecule has 2 amide bonds. The van der Waals surface area contributed by atoms with Crippen molar-refractivity contribution in [2.45, 2.75) is 76.8 Å². The number of aryl methyl sites for hydroxylation is 1. The number of aromatic nitrogens is 5. The fourth-order valence-electron chi connectivity index (χ4n) is 9.48. The van der Waals surface area contributed by atoms with Crippen LogP contribution in [0.4, 0.5) is 21.5 Å². The third-order valence-electron chi connectivity index (χ3n) is 12.9. The van der Waals surface area contributed by atoms with Gasteiger partial charge in [-0.1, -0.05) is 0 Å². The summed E-state index contributed by atoms with van der Waals surface area (Å²) >= 11 is 0. The van der Waals surface area contributed by atoms with Gasteiger partial charge in [-0.05, 0) is 94.5 Å². The Hall–Kier alpha value is -6.54. The maximum Gasteiger partial charge on any atom is 0.285 e. The summed E-state index contributed by atoms with van der Waals surface area (Å²) in [5, 5.41) is 17.3. The van der Waals surface area contributed by atoms with Crippen LogP contribution in [0.3, 0.4) is 0 Å². The molecule has 2 aromatic carbocycles. The first-order valence-electron chi connectivity index (χ1n) is 21.6. The van der Waals surface area contributed by atoms with E-state index in [0.29, 0.717) is 30.1 Å². The molecule has 4 saturated heterocycles. The van der Waals surface area contributed by atoms with Crippen LogP contribution in [0.25, 0.3) is 16.6 Å². The molecule has 0 unspecified atom stereocenters. The van der Waals surface area contributed by atoms with Crippen LogP contribution in [0.15, 0.2) is 65.0 Å². The Balaban J connectivity index is 0.797. The van der Waals surface area contributed by atoms with Crippen LogP contribution in [0, 0.1) is 18.7 Å². The summed E-state index contributed by atoms with van der Waals surface area (Å²) in [6.07, 6.45) is 11.2. The number of H-pyrrole nitrogens is 1. The van der Waals surface area contributed by atoms with Gasteiger partial charge in [0.05, 0.1) is 34.5 Å². The zero-order chi connectivity index (χ0) is 42.9. The van der Waals surface area contributed by atoms with Crippen molar-refractivity contribution in [1.82, 2.24) is 39.9 Å². The normalized spacial score (nSPS) is 19.4. The number of halogens is 1. The van der Waals surface area contributed by atoms with E-state index in [-0.39, 0.29) is 28.6 Å². The van der Waals surface area contributed by atoms with Crippen molar-refractivity contribution in [2.75, 3.05) is 60.9 Å². The van der Waals surface area contributed by atoms with Gasteiger partial charge in [0, 0.05) is 87.5 Å². The monoisotopic (exact) mass is 843 g/mol. The van der Waals surface area contributed by atoms with E-state index in [1.54, 1.807) is 24.0 Å². The number of nitrogens with zero attached hydrogens (tertiary/aromatic N) is 7. The first-order valence-corrected chi connectivity index (χ1v) is 21.6. The van der Waals surface area contributed by atoms with Crippen LogP contribution in [0.2, 0.25) is 0 Å². The third-order valence-corrected chi connectivity index (χ3v) is 12.9. The van der Waals surface area contributed by atoms with Crippen molar-refractivity contribution in [2.24, 2.45) is 5.92 Å². The fraction of sp³-hybridized carbons (Fsp3) is 0.444. The lowest BCUT2D eigenvalue weighted by molar-refractivity contribution is 0.0934. The van der Waals surface area contributed by atoms with Gasteiger partial charge in [-0.2, -0.15) is 5.10 Å². The van der Waals surface area contributed by atoms with E-state index in [4.69, 9.17) is 5.10 Å². The molecular formula is C45H50FN11O5. The topological polar surface area (TPSA) is 182 Å². The number of nitrogens with one attached hydrogen (secondary N) is 4. The minimum Gasteiger partial charge on any atom is -0.371 e. The lowest BCUT2D eigenvalue weighted by Crippen LogP contribution is -2.44. The minimum absolute atomic E-state index is 0.0253. The lowest BCUT2D eigenvalue weighted by atomic mass is 9.94. The number of fused-ring (bicyclic) bond motifs is 2. The number of piperidine rings is 4. The van der Waals surface area contributed by atoms with E-state index >= 15 is 4.39 Å².